The lowest BCUT2D eigenvalue weighted by Crippen LogP contribution is -2.46. The topological polar surface area (TPSA) is 73.4 Å². The summed E-state index contributed by atoms with van der Waals surface area (Å²) in [4.78, 5) is 26.7. The monoisotopic (exact) mass is 351 g/mol. The minimum absolute atomic E-state index is 0.0834. The zero-order valence-corrected chi connectivity index (χ0v) is 15.2. The average Bonchev–Trinajstić information content (AvgIpc) is 3.38. The number of amides is 1. The molecule has 2 N–H and O–H groups in total. The van der Waals surface area contributed by atoms with Gasteiger partial charge in [-0.05, 0) is 50.5 Å². The number of aromatic amines is 1. The van der Waals surface area contributed by atoms with Gasteiger partial charge in [-0.2, -0.15) is 0 Å². The van der Waals surface area contributed by atoms with Crippen molar-refractivity contribution in [3.05, 3.63) is 18.5 Å². The number of pyridine rings is 1. The number of anilines is 1. The van der Waals surface area contributed by atoms with Crippen molar-refractivity contribution in [1.82, 2.24) is 15.3 Å². The SMILES string of the molecule is CC(=O)NC1CCC(N2CC(C3CC3)=Nc3cnc4[nH]ccc4c32)CC1. The lowest BCUT2D eigenvalue weighted by molar-refractivity contribution is -0.119. The number of hydrogen-bond acceptors (Lipinski definition) is 4. The summed E-state index contributed by atoms with van der Waals surface area (Å²) in [6.45, 7) is 2.55. The Hall–Kier alpha value is -2.37. The zero-order valence-electron chi connectivity index (χ0n) is 15.2. The van der Waals surface area contributed by atoms with E-state index in [2.05, 4.69) is 26.3 Å². The summed E-state index contributed by atoms with van der Waals surface area (Å²) in [6.07, 6.45) is 10.7. The van der Waals surface area contributed by atoms with Gasteiger partial charge in [-0.15, -0.1) is 0 Å². The maximum absolute atomic E-state index is 11.4. The van der Waals surface area contributed by atoms with Gasteiger partial charge in [0.25, 0.3) is 0 Å². The summed E-state index contributed by atoms with van der Waals surface area (Å²) in [6, 6.07) is 2.95. The summed E-state index contributed by atoms with van der Waals surface area (Å²) in [7, 11) is 0. The van der Waals surface area contributed by atoms with Crippen molar-refractivity contribution in [2.75, 3.05) is 11.4 Å². The fourth-order valence-corrected chi connectivity index (χ4v) is 4.58. The number of H-pyrrole nitrogens is 1. The first-order valence-corrected chi connectivity index (χ1v) is 9.76. The molecule has 6 nitrogen and oxygen atoms in total. The molecule has 3 aliphatic rings. The van der Waals surface area contributed by atoms with Crippen LogP contribution in [0.4, 0.5) is 11.4 Å². The normalized spacial score (nSPS) is 25.7. The second-order valence-electron chi connectivity index (χ2n) is 7.94. The van der Waals surface area contributed by atoms with E-state index in [0.29, 0.717) is 18.0 Å². The van der Waals surface area contributed by atoms with Gasteiger partial charge in [0.05, 0.1) is 18.4 Å². The third-order valence-corrected chi connectivity index (χ3v) is 6.02. The number of carbonyl (C=O) groups is 1. The van der Waals surface area contributed by atoms with Gasteiger partial charge in [0, 0.05) is 36.3 Å². The number of nitrogens with one attached hydrogen (secondary N) is 2. The Labute approximate surface area is 153 Å². The maximum Gasteiger partial charge on any atom is 0.217 e. The Balaban J connectivity index is 1.46. The fourth-order valence-electron chi connectivity index (χ4n) is 4.58. The van der Waals surface area contributed by atoms with Gasteiger partial charge in [0.2, 0.25) is 5.91 Å². The van der Waals surface area contributed by atoms with Gasteiger partial charge < -0.3 is 15.2 Å². The molecule has 0 unspecified atom stereocenters. The van der Waals surface area contributed by atoms with Crippen LogP contribution in [0.5, 0.6) is 0 Å². The van der Waals surface area contributed by atoms with Gasteiger partial charge in [-0.1, -0.05) is 0 Å². The molecule has 6 heteroatoms. The van der Waals surface area contributed by atoms with Crippen LogP contribution in [0.3, 0.4) is 0 Å². The van der Waals surface area contributed by atoms with E-state index in [1.807, 2.05) is 12.4 Å². The highest BCUT2D eigenvalue weighted by atomic mass is 16.1. The van der Waals surface area contributed by atoms with E-state index in [9.17, 15) is 4.79 Å². The summed E-state index contributed by atoms with van der Waals surface area (Å²) >= 11 is 0. The van der Waals surface area contributed by atoms with Crippen molar-refractivity contribution in [2.45, 2.75) is 57.5 Å². The van der Waals surface area contributed by atoms with Gasteiger partial charge in [0.15, 0.2) is 0 Å². The molecule has 136 valence electrons. The molecule has 0 radical (unpaired) electrons. The Morgan fingerprint density at radius 1 is 1.23 bits per heavy atom. The third kappa shape index (κ3) is 2.77. The Morgan fingerprint density at radius 3 is 2.77 bits per heavy atom. The predicted molar refractivity (Wildman–Crippen MR) is 103 cm³/mol. The van der Waals surface area contributed by atoms with E-state index < -0.39 is 0 Å². The second-order valence-corrected chi connectivity index (χ2v) is 7.94. The molecule has 0 saturated heterocycles. The van der Waals surface area contributed by atoms with Crippen LogP contribution < -0.4 is 10.2 Å². The molecular formula is C20H25N5O. The van der Waals surface area contributed by atoms with Crippen molar-refractivity contribution >= 4 is 34.0 Å². The largest absolute Gasteiger partial charge is 0.361 e. The molecule has 3 heterocycles. The molecule has 0 spiro atoms. The van der Waals surface area contributed by atoms with E-state index in [4.69, 9.17) is 4.99 Å². The van der Waals surface area contributed by atoms with Crippen molar-refractivity contribution in [3.63, 3.8) is 0 Å². The fraction of sp³-hybridized carbons (Fsp3) is 0.550. The Bertz CT molecular complexity index is 873. The number of rotatable bonds is 3. The van der Waals surface area contributed by atoms with Crippen molar-refractivity contribution < 1.29 is 4.79 Å². The molecular weight excluding hydrogens is 326 g/mol. The Morgan fingerprint density at radius 2 is 2.04 bits per heavy atom. The molecule has 5 rings (SSSR count). The molecule has 26 heavy (non-hydrogen) atoms. The van der Waals surface area contributed by atoms with E-state index >= 15 is 0 Å². The highest BCUT2D eigenvalue weighted by Crippen LogP contribution is 2.44. The van der Waals surface area contributed by atoms with E-state index in [1.165, 1.54) is 29.6 Å². The molecule has 0 atom stereocenters. The minimum atomic E-state index is 0.0834. The number of aliphatic imine (C=N–C) groups is 1. The number of aromatic nitrogens is 2. The van der Waals surface area contributed by atoms with Crippen LogP contribution in [-0.4, -0.2) is 40.2 Å². The highest BCUT2D eigenvalue weighted by Gasteiger charge is 2.36. The maximum atomic E-state index is 11.4. The minimum Gasteiger partial charge on any atom is -0.361 e. The Kier molecular flexibility index (Phi) is 3.72. The lowest BCUT2D eigenvalue weighted by atomic mass is 9.89. The van der Waals surface area contributed by atoms with Crippen molar-refractivity contribution in [2.24, 2.45) is 10.9 Å². The average molecular weight is 351 g/mol. The first-order chi connectivity index (χ1) is 12.7. The van der Waals surface area contributed by atoms with Gasteiger partial charge in [-0.3, -0.25) is 9.79 Å². The summed E-state index contributed by atoms with van der Waals surface area (Å²) in [5.41, 5.74) is 4.53. The van der Waals surface area contributed by atoms with Gasteiger partial charge in [0.1, 0.15) is 11.3 Å². The first kappa shape index (κ1) is 15.9. The van der Waals surface area contributed by atoms with Crippen molar-refractivity contribution in [1.29, 1.82) is 0 Å². The van der Waals surface area contributed by atoms with Crippen LogP contribution in [0.25, 0.3) is 11.0 Å². The molecule has 2 aliphatic carbocycles. The van der Waals surface area contributed by atoms with Crippen molar-refractivity contribution in [3.8, 4) is 0 Å². The molecule has 0 aromatic carbocycles. The van der Waals surface area contributed by atoms with E-state index in [-0.39, 0.29) is 5.91 Å². The first-order valence-electron chi connectivity index (χ1n) is 9.76. The zero-order chi connectivity index (χ0) is 17.7. The highest BCUT2D eigenvalue weighted by molar-refractivity contribution is 6.05. The van der Waals surface area contributed by atoms with Gasteiger partial charge >= 0.3 is 0 Å². The number of fused-ring (bicyclic) bond motifs is 3. The molecule has 1 aliphatic heterocycles. The van der Waals surface area contributed by atoms with Gasteiger partial charge in [-0.25, -0.2) is 4.98 Å². The summed E-state index contributed by atoms with van der Waals surface area (Å²) in [5.74, 6) is 0.753. The number of nitrogens with zero attached hydrogens (tertiary/aromatic N) is 3. The lowest BCUT2D eigenvalue weighted by Gasteiger charge is -2.41. The molecule has 0 bridgehead atoms. The quantitative estimate of drug-likeness (QED) is 0.891. The smallest absolute Gasteiger partial charge is 0.217 e. The molecule has 2 saturated carbocycles. The molecule has 2 aromatic rings. The molecule has 2 aromatic heterocycles. The predicted octanol–water partition coefficient (Wildman–Crippen LogP) is 3.31. The molecule has 2 fully saturated rings. The van der Waals surface area contributed by atoms with Crippen LogP contribution in [0.15, 0.2) is 23.5 Å². The summed E-state index contributed by atoms with van der Waals surface area (Å²) < 4.78 is 0. The third-order valence-electron chi connectivity index (χ3n) is 6.02. The van der Waals surface area contributed by atoms with Crippen LogP contribution in [0.2, 0.25) is 0 Å². The second kappa shape index (κ2) is 6.11. The van der Waals surface area contributed by atoms with Crippen LogP contribution >= 0.6 is 0 Å². The van der Waals surface area contributed by atoms with Crippen LogP contribution in [0, 0.1) is 5.92 Å². The molecule has 1 amide bonds. The van der Waals surface area contributed by atoms with E-state index in [0.717, 1.165) is 43.6 Å². The van der Waals surface area contributed by atoms with Crippen LogP contribution in [0.1, 0.15) is 45.4 Å². The number of hydrogen-bond donors (Lipinski definition) is 2. The number of carbonyl (C=O) groups excluding carboxylic acids is 1. The van der Waals surface area contributed by atoms with Crippen LogP contribution in [-0.2, 0) is 4.79 Å². The summed E-state index contributed by atoms with van der Waals surface area (Å²) in [5, 5.41) is 4.26. The standard InChI is InChI=1S/C20H25N5O/c1-12(26)23-14-4-6-15(7-5-14)25-11-18(13-2-3-13)24-17-10-22-20-16(19(17)25)8-9-21-20/h8-10,13-15H,2-7,11H2,1H3,(H,21,22)(H,23,26). The van der Waals surface area contributed by atoms with E-state index in [1.54, 1.807) is 6.92 Å².